The van der Waals surface area contributed by atoms with E-state index in [1.807, 2.05) is 0 Å². The number of nitrogens with zero attached hydrogens (tertiary/aromatic N) is 1. The van der Waals surface area contributed by atoms with E-state index in [0.717, 1.165) is 19.1 Å². The molecule has 1 fully saturated rings. The molecule has 11 heavy (non-hydrogen) atoms. The minimum atomic E-state index is 0.779. The van der Waals surface area contributed by atoms with Gasteiger partial charge in [0.05, 0.1) is 0 Å². The molecule has 2 aliphatic heterocycles. The Bertz CT molecular complexity index is 174. The topological polar surface area (TPSA) is 15.3 Å². The van der Waals surface area contributed by atoms with Crippen LogP contribution in [0.5, 0.6) is 0 Å². The molecule has 0 aromatic carbocycles. The van der Waals surface area contributed by atoms with Crippen LogP contribution in [0.25, 0.3) is 0 Å². The largest absolute Gasteiger partial charge is 0.371 e. The predicted molar refractivity (Wildman–Crippen MR) is 46.4 cm³/mol. The first kappa shape index (κ1) is 7.17. The zero-order chi connectivity index (χ0) is 7.68. The van der Waals surface area contributed by atoms with Crippen LogP contribution in [0, 0.1) is 0 Å². The van der Waals surface area contributed by atoms with Crippen molar-refractivity contribution in [2.75, 3.05) is 19.6 Å². The number of nitrogens with one attached hydrogen (secondary N) is 1. The third kappa shape index (κ3) is 1.27. The Morgan fingerprint density at radius 2 is 2.55 bits per heavy atom. The van der Waals surface area contributed by atoms with Gasteiger partial charge in [-0.2, -0.15) is 0 Å². The normalized spacial score (nSPS) is 31.2. The van der Waals surface area contributed by atoms with Gasteiger partial charge in [-0.1, -0.05) is 6.08 Å². The van der Waals surface area contributed by atoms with Crippen molar-refractivity contribution in [3.63, 3.8) is 0 Å². The Morgan fingerprint density at radius 3 is 3.09 bits per heavy atom. The maximum atomic E-state index is 3.34. The van der Waals surface area contributed by atoms with E-state index in [1.165, 1.54) is 25.1 Å². The molecule has 0 unspecified atom stereocenters. The average Bonchev–Trinajstić information content (AvgIpc) is 2.55. The Morgan fingerprint density at radius 1 is 1.64 bits per heavy atom. The van der Waals surface area contributed by atoms with E-state index in [1.54, 1.807) is 0 Å². The van der Waals surface area contributed by atoms with Crippen molar-refractivity contribution in [2.45, 2.75) is 25.8 Å². The van der Waals surface area contributed by atoms with Crippen LogP contribution < -0.4 is 5.32 Å². The van der Waals surface area contributed by atoms with Crippen LogP contribution in [-0.4, -0.2) is 30.6 Å². The van der Waals surface area contributed by atoms with Gasteiger partial charge in [0.15, 0.2) is 0 Å². The first-order valence-electron chi connectivity index (χ1n) is 4.54. The zero-order valence-electron chi connectivity index (χ0n) is 7.14. The standard InChI is InChI=1S/C9H16N2/c1-8-3-2-6-11(8)9-4-5-10-7-9/h4,8,10H,2-3,5-7H2,1H3/t8-/m1/s1. The van der Waals surface area contributed by atoms with Crippen molar-refractivity contribution in [1.82, 2.24) is 10.2 Å². The van der Waals surface area contributed by atoms with Crippen molar-refractivity contribution in [3.05, 3.63) is 11.8 Å². The van der Waals surface area contributed by atoms with Crippen LogP contribution >= 0.6 is 0 Å². The molecule has 2 rings (SSSR count). The van der Waals surface area contributed by atoms with E-state index in [2.05, 4.69) is 23.2 Å². The molecule has 0 saturated carbocycles. The highest BCUT2D eigenvalue weighted by Gasteiger charge is 2.22. The Hall–Kier alpha value is -0.500. The molecule has 2 heterocycles. The number of hydrogen-bond acceptors (Lipinski definition) is 2. The highest BCUT2D eigenvalue weighted by atomic mass is 15.2. The fourth-order valence-electron chi connectivity index (χ4n) is 2.04. The van der Waals surface area contributed by atoms with Crippen molar-refractivity contribution < 1.29 is 0 Å². The van der Waals surface area contributed by atoms with Gasteiger partial charge in [0.2, 0.25) is 0 Å². The molecular weight excluding hydrogens is 136 g/mol. The summed E-state index contributed by atoms with van der Waals surface area (Å²) in [6, 6.07) is 0.779. The molecule has 1 atom stereocenters. The van der Waals surface area contributed by atoms with Crippen molar-refractivity contribution in [3.8, 4) is 0 Å². The second-order valence-corrected chi connectivity index (χ2v) is 3.51. The van der Waals surface area contributed by atoms with Crippen molar-refractivity contribution in [1.29, 1.82) is 0 Å². The third-order valence-electron chi connectivity index (χ3n) is 2.71. The molecule has 2 nitrogen and oxygen atoms in total. The second-order valence-electron chi connectivity index (χ2n) is 3.51. The number of hydrogen-bond donors (Lipinski definition) is 1. The van der Waals surface area contributed by atoms with E-state index in [9.17, 15) is 0 Å². The minimum absolute atomic E-state index is 0.779. The molecule has 0 spiro atoms. The summed E-state index contributed by atoms with van der Waals surface area (Å²) in [5.74, 6) is 0. The van der Waals surface area contributed by atoms with Crippen LogP contribution in [0.3, 0.4) is 0 Å². The van der Waals surface area contributed by atoms with Crippen LogP contribution in [-0.2, 0) is 0 Å². The van der Waals surface area contributed by atoms with Gasteiger partial charge >= 0.3 is 0 Å². The SMILES string of the molecule is C[C@@H]1CCCN1C1=CCNC1. The third-order valence-corrected chi connectivity index (χ3v) is 2.71. The minimum Gasteiger partial charge on any atom is -0.371 e. The van der Waals surface area contributed by atoms with Gasteiger partial charge in [-0.3, -0.25) is 0 Å². The van der Waals surface area contributed by atoms with E-state index in [4.69, 9.17) is 0 Å². The lowest BCUT2D eigenvalue weighted by molar-refractivity contribution is 0.336. The molecule has 0 aromatic rings. The van der Waals surface area contributed by atoms with Crippen molar-refractivity contribution in [2.24, 2.45) is 0 Å². The first-order valence-corrected chi connectivity index (χ1v) is 4.54. The van der Waals surface area contributed by atoms with E-state index in [-0.39, 0.29) is 0 Å². The van der Waals surface area contributed by atoms with Gasteiger partial charge in [-0.15, -0.1) is 0 Å². The summed E-state index contributed by atoms with van der Waals surface area (Å²) >= 11 is 0. The first-order chi connectivity index (χ1) is 5.38. The van der Waals surface area contributed by atoms with Crippen LogP contribution in [0.4, 0.5) is 0 Å². The molecule has 1 saturated heterocycles. The van der Waals surface area contributed by atoms with Gasteiger partial charge in [-0.05, 0) is 19.8 Å². The Balaban J connectivity index is 2.03. The van der Waals surface area contributed by atoms with Crippen LogP contribution in [0.2, 0.25) is 0 Å². The van der Waals surface area contributed by atoms with Gasteiger partial charge < -0.3 is 10.2 Å². The molecule has 2 aliphatic rings. The summed E-state index contributed by atoms with van der Waals surface area (Å²) in [4.78, 5) is 2.54. The monoisotopic (exact) mass is 152 g/mol. The lowest BCUT2D eigenvalue weighted by atomic mass is 10.2. The fourth-order valence-corrected chi connectivity index (χ4v) is 2.04. The average molecular weight is 152 g/mol. The summed E-state index contributed by atoms with van der Waals surface area (Å²) in [7, 11) is 0. The fraction of sp³-hybridized carbons (Fsp3) is 0.778. The van der Waals surface area contributed by atoms with Gasteiger partial charge in [-0.25, -0.2) is 0 Å². The summed E-state index contributed by atoms with van der Waals surface area (Å²) in [6.07, 6.45) is 5.07. The summed E-state index contributed by atoms with van der Waals surface area (Å²) in [6.45, 7) is 5.75. The number of rotatable bonds is 1. The van der Waals surface area contributed by atoms with Crippen molar-refractivity contribution >= 4 is 0 Å². The zero-order valence-corrected chi connectivity index (χ0v) is 7.14. The highest BCUT2D eigenvalue weighted by Crippen LogP contribution is 2.22. The summed E-state index contributed by atoms with van der Waals surface area (Å²) < 4.78 is 0. The van der Waals surface area contributed by atoms with Gasteiger partial charge in [0.1, 0.15) is 0 Å². The maximum absolute atomic E-state index is 3.34. The predicted octanol–water partition coefficient (Wildman–Crippen LogP) is 0.958. The second kappa shape index (κ2) is 2.86. The molecule has 2 heteroatoms. The van der Waals surface area contributed by atoms with E-state index >= 15 is 0 Å². The number of likely N-dealkylation sites (tertiary alicyclic amines) is 1. The molecule has 0 radical (unpaired) electrons. The van der Waals surface area contributed by atoms with Crippen LogP contribution in [0.1, 0.15) is 19.8 Å². The Labute approximate surface area is 68.3 Å². The Kier molecular flexibility index (Phi) is 1.86. The lowest BCUT2D eigenvalue weighted by Gasteiger charge is -2.24. The summed E-state index contributed by atoms with van der Waals surface area (Å²) in [5.41, 5.74) is 1.52. The molecule has 0 aliphatic carbocycles. The molecular formula is C9H16N2. The molecule has 0 amide bonds. The maximum Gasteiger partial charge on any atom is 0.0356 e. The van der Waals surface area contributed by atoms with Crippen LogP contribution in [0.15, 0.2) is 11.8 Å². The van der Waals surface area contributed by atoms with E-state index < -0.39 is 0 Å². The molecule has 0 bridgehead atoms. The molecule has 62 valence electrons. The van der Waals surface area contributed by atoms with Gasteiger partial charge in [0, 0.05) is 31.4 Å². The molecule has 1 N–H and O–H groups in total. The molecule has 0 aromatic heterocycles. The summed E-state index contributed by atoms with van der Waals surface area (Å²) in [5, 5.41) is 3.34. The highest BCUT2D eigenvalue weighted by molar-refractivity contribution is 5.12. The lowest BCUT2D eigenvalue weighted by Crippen LogP contribution is -2.28. The van der Waals surface area contributed by atoms with E-state index in [0.29, 0.717) is 0 Å². The van der Waals surface area contributed by atoms with Gasteiger partial charge in [0.25, 0.3) is 0 Å². The smallest absolute Gasteiger partial charge is 0.0356 e. The quantitative estimate of drug-likeness (QED) is 0.602.